The molecule has 0 aliphatic rings. The molecule has 0 aliphatic heterocycles. The van der Waals surface area contributed by atoms with Crippen molar-refractivity contribution in [3.8, 4) is 17.2 Å². The summed E-state index contributed by atoms with van der Waals surface area (Å²) in [5, 5.41) is 14.8. The Kier molecular flexibility index (Phi) is 6.74. The SMILES string of the molecule is CCOc1cccc(OC)c1S(=O)(=O)Nc1noc2cc(Nc3cc(C(C)C)[nH]n3)c(OC)cc12. The fourth-order valence-corrected chi connectivity index (χ4v) is 4.82. The fraction of sp³-hybridized carbons (Fsp3) is 0.304. The predicted molar refractivity (Wildman–Crippen MR) is 131 cm³/mol. The smallest absolute Gasteiger partial charge is 0.270 e. The minimum Gasteiger partial charge on any atom is -0.495 e. The van der Waals surface area contributed by atoms with Gasteiger partial charge in [-0.25, -0.2) is 8.42 Å². The molecule has 0 saturated heterocycles. The third-order valence-electron chi connectivity index (χ3n) is 5.24. The van der Waals surface area contributed by atoms with Crippen LogP contribution in [-0.2, 0) is 10.0 Å². The molecule has 12 heteroatoms. The number of hydrogen-bond acceptors (Lipinski definition) is 9. The maximum atomic E-state index is 13.3. The molecule has 2 aromatic heterocycles. The number of aromatic amines is 1. The van der Waals surface area contributed by atoms with Crippen LogP contribution in [-0.4, -0.2) is 44.6 Å². The first-order valence-corrected chi connectivity index (χ1v) is 12.4. The van der Waals surface area contributed by atoms with E-state index in [2.05, 4.69) is 39.2 Å². The zero-order valence-corrected chi connectivity index (χ0v) is 20.8. The van der Waals surface area contributed by atoms with E-state index in [-0.39, 0.29) is 28.8 Å². The van der Waals surface area contributed by atoms with Crippen LogP contribution in [0.25, 0.3) is 11.0 Å². The highest BCUT2D eigenvalue weighted by molar-refractivity contribution is 7.93. The van der Waals surface area contributed by atoms with Gasteiger partial charge in [-0.1, -0.05) is 25.1 Å². The highest BCUT2D eigenvalue weighted by Crippen LogP contribution is 2.38. The molecule has 0 spiro atoms. The number of ether oxygens (including phenoxy) is 3. The average Bonchev–Trinajstić information content (AvgIpc) is 3.45. The molecule has 2 aromatic carbocycles. The minimum absolute atomic E-state index is 0.0000630. The first kappa shape index (κ1) is 24.2. The highest BCUT2D eigenvalue weighted by Gasteiger charge is 2.27. The van der Waals surface area contributed by atoms with Gasteiger partial charge in [-0.15, -0.1) is 0 Å². The van der Waals surface area contributed by atoms with Crippen LogP contribution < -0.4 is 24.2 Å². The summed E-state index contributed by atoms with van der Waals surface area (Å²) in [4.78, 5) is -0.134. The minimum atomic E-state index is -4.15. The van der Waals surface area contributed by atoms with Crippen molar-refractivity contribution in [3.05, 3.63) is 42.1 Å². The average molecular weight is 502 g/mol. The van der Waals surface area contributed by atoms with Crippen molar-refractivity contribution in [2.24, 2.45) is 0 Å². The van der Waals surface area contributed by atoms with Gasteiger partial charge >= 0.3 is 0 Å². The third kappa shape index (κ3) is 4.83. The number of benzene rings is 2. The van der Waals surface area contributed by atoms with Gasteiger partial charge in [0.1, 0.15) is 17.2 Å². The lowest BCUT2D eigenvalue weighted by Gasteiger charge is -2.14. The maximum Gasteiger partial charge on any atom is 0.270 e. The molecule has 0 bridgehead atoms. The van der Waals surface area contributed by atoms with Crippen LogP contribution in [0.15, 0.2) is 45.8 Å². The predicted octanol–water partition coefficient (Wildman–Crippen LogP) is 4.63. The molecule has 3 N–H and O–H groups in total. The molecular weight excluding hydrogens is 474 g/mol. The normalized spacial score (nSPS) is 11.6. The molecule has 0 saturated carbocycles. The van der Waals surface area contributed by atoms with Crippen molar-refractivity contribution in [1.82, 2.24) is 15.4 Å². The van der Waals surface area contributed by atoms with Crippen LogP contribution in [0.2, 0.25) is 0 Å². The maximum absolute atomic E-state index is 13.3. The number of sulfonamides is 1. The number of methoxy groups -OCH3 is 2. The number of H-pyrrole nitrogens is 1. The zero-order chi connectivity index (χ0) is 25.2. The van der Waals surface area contributed by atoms with E-state index in [0.29, 0.717) is 34.1 Å². The van der Waals surface area contributed by atoms with E-state index >= 15 is 0 Å². The van der Waals surface area contributed by atoms with Crippen LogP contribution in [0.4, 0.5) is 17.3 Å². The Labute approximate surface area is 202 Å². The molecule has 0 unspecified atom stereocenters. The molecule has 0 radical (unpaired) electrons. The van der Waals surface area contributed by atoms with E-state index < -0.39 is 10.0 Å². The lowest BCUT2D eigenvalue weighted by molar-refractivity contribution is 0.323. The second-order valence-corrected chi connectivity index (χ2v) is 9.51. The summed E-state index contributed by atoms with van der Waals surface area (Å²) in [6.45, 7) is 6.16. The van der Waals surface area contributed by atoms with E-state index in [0.717, 1.165) is 5.69 Å². The number of anilines is 3. The Morgan fingerprint density at radius 3 is 2.49 bits per heavy atom. The van der Waals surface area contributed by atoms with Crippen molar-refractivity contribution in [3.63, 3.8) is 0 Å². The van der Waals surface area contributed by atoms with Crippen LogP contribution in [0.3, 0.4) is 0 Å². The number of hydrogen-bond donors (Lipinski definition) is 3. The van der Waals surface area contributed by atoms with Gasteiger partial charge in [-0.2, -0.15) is 5.10 Å². The molecule has 11 nitrogen and oxygen atoms in total. The Bertz CT molecular complexity index is 1440. The summed E-state index contributed by atoms with van der Waals surface area (Å²) in [7, 11) is -1.25. The van der Waals surface area contributed by atoms with Crippen molar-refractivity contribution in [2.45, 2.75) is 31.6 Å². The summed E-state index contributed by atoms with van der Waals surface area (Å²) in [5.41, 5.74) is 1.90. The molecule has 2 heterocycles. The Morgan fingerprint density at radius 2 is 1.83 bits per heavy atom. The number of aromatic nitrogens is 3. The van der Waals surface area contributed by atoms with Gasteiger partial charge in [0.05, 0.1) is 31.9 Å². The largest absolute Gasteiger partial charge is 0.495 e. The fourth-order valence-electron chi connectivity index (χ4n) is 3.51. The van der Waals surface area contributed by atoms with Crippen molar-refractivity contribution in [2.75, 3.05) is 30.9 Å². The Hall–Kier alpha value is -3.93. The Balaban J connectivity index is 1.70. The number of fused-ring (bicyclic) bond motifs is 1. The standard InChI is InChI=1S/C23H27N5O6S/c1-6-33-18-9-7-8-17(31-4)22(18)35(29,30)28-23-14-10-20(32-5)16(11-19(14)34-27-23)24-21-12-15(13(2)3)25-26-21/h7-13H,6H2,1-5H3,(H,27,28)(H2,24,25,26). The van der Waals surface area contributed by atoms with E-state index in [4.69, 9.17) is 18.7 Å². The van der Waals surface area contributed by atoms with E-state index in [1.165, 1.54) is 14.2 Å². The number of nitrogens with one attached hydrogen (secondary N) is 3. The lowest BCUT2D eigenvalue weighted by Crippen LogP contribution is -2.16. The van der Waals surface area contributed by atoms with Crippen molar-refractivity contribution in [1.29, 1.82) is 0 Å². The Morgan fingerprint density at radius 1 is 1.09 bits per heavy atom. The van der Waals surface area contributed by atoms with Crippen molar-refractivity contribution < 1.29 is 27.2 Å². The van der Waals surface area contributed by atoms with Crippen LogP contribution in [0.5, 0.6) is 17.2 Å². The molecular formula is C23H27N5O6S. The molecule has 0 atom stereocenters. The van der Waals surface area contributed by atoms with E-state index in [1.807, 2.05) is 6.07 Å². The molecule has 4 aromatic rings. The van der Waals surface area contributed by atoms with E-state index in [9.17, 15) is 8.42 Å². The summed E-state index contributed by atoms with van der Waals surface area (Å²) in [6, 6.07) is 9.95. The van der Waals surface area contributed by atoms with Gasteiger partial charge in [0.25, 0.3) is 10.0 Å². The molecule has 0 fully saturated rings. The van der Waals surface area contributed by atoms with Gasteiger partial charge < -0.3 is 24.1 Å². The van der Waals surface area contributed by atoms with Crippen molar-refractivity contribution >= 4 is 38.3 Å². The van der Waals surface area contributed by atoms with Crippen LogP contribution in [0.1, 0.15) is 32.4 Å². The highest BCUT2D eigenvalue weighted by atomic mass is 32.2. The first-order valence-electron chi connectivity index (χ1n) is 10.9. The molecule has 186 valence electrons. The second-order valence-electron chi connectivity index (χ2n) is 7.89. The topological polar surface area (TPSA) is 141 Å². The monoisotopic (exact) mass is 501 g/mol. The van der Waals surface area contributed by atoms with E-state index in [1.54, 1.807) is 37.3 Å². The lowest BCUT2D eigenvalue weighted by atomic mass is 10.1. The van der Waals surface area contributed by atoms with Gasteiger partial charge in [0.2, 0.25) is 0 Å². The second kappa shape index (κ2) is 9.74. The quantitative estimate of drug-likeness (QED) is 0.283. The summed E-state index contributed by atoms with van der Waals surface area (Å²) < 4.78 is 50.9. The summed E-state index contributed by atoms with van der Waals surface area (Å²) in [6.07, 6.45) is 0. The van der Waals surface area contributed by atoms with Gasteiger partial charge in [0.15, 0.2) is 22.1 Å². The summed E-state index contributed by atoms with van der Waals surface area (Å²) in [5.74, 6) is 1.64. The summed E-state index contributed by atoms with van der Waals surface area (Å²) >= 11 is 0. The van der Waals surface area contributed by atoms with Crippen LogP contribution >= 0.6 is 0 Å². The molecule has 0 aliphatic carbocycles. The van der Waals surface area contributed by atoms with Gasteiger partial charge in [-0.3, -0.25) is 9.82 Å². The van der Waals surface area contributed by atoms with Crippen LogP contribution in [0, 0.1) is 0 Å². The number of nitrogens with zero attached hydrogens (tertiary/aromatic N) is 2. The first-order chi connectivity index (χ1) is 16.8. The molecule has 35 heavy (non-hydrogen) atoms. The zero-order valence-electron chi connectivity index (χ0n) is 20.0. The van der Waals surface area contributed by atoms with Gasteiger partial charge in [-0.05, 0) is 31.0 Å². The number of rotatable bonds is 10. The molecule has 4 rings (SSSR count). The third-order valence-corrected chi connectivity index (χ3v) is 6.64. The van der Waals surface area contributed by atoms with Gasteiger partial charge in [0, 0.05) is 17.8 Å². The molecule has 0 amide bonds.